The number of hydrogen-bond donors (Lipinski definition) is 0. The summed E-state index contributed by atoms with van der Waals surface area (Å²) in [6.07, 6.45) is 2.41. The Morgan fingerprint density at radius 2 is 1.14 bits per heavy atom. The zero-order chi connectivity index (χ0) is 28.5. The van der Waals surface area contributed by atoms with E-state index in [1.165, 1.54) is 77.9 Å². The van der Waals surface area contributed by atoms with Crippen LogP contribution in [-0.2, 0) is 5.41 Å². The highest BCUT2D eigenvalue weighted by atomic mass is 79.9. The first kappa shape index (κ1) is 24.9. The Morgan fingerprint density at radius 3 is 1.86 bits per heavy atom. The van der Waals surface area contributed by atoms with Crippen LogP contribution in [-0.4, -0.2) is 0 Å². The van der Waals surface area contributed by atoms with Gasteiger partial charge in [0.1, 0.15) is 0 Å². The van der Waals surface area contributed by atoms with Gasteiger partial charge in [-0.1, -0.05) is 119 Å². The van der Waals surface area contributed by atoms with Crippen molar-refractivity contribution in [3.63, 3.8) is 0 Å². The number of anilines is 3. The Bertz CT molecular complexity index is 2160. The second-order valence-electron chi connectivity index (χ2n) is 11.8. The molecule has 9 rings (SSSR count). The van der Waals surface area contributed by atoms with Crippen LogP contribution in [0.1, 0.15) is 24.0 Å². The number of hydrogen-bond acceptors (Lipinski definition) is 1. The summed E-state index contributed by atoms with van der Waals surface area (Å²) in [6.45, 7) is 0. The van der Waals surface area contributed by atoms with E-state index < -0.39 is 0 Å². The highest BCUT2D eigenvalue weighted by molar-refractivity contribution is 9.10. The summed E-state index contributed by atoms with van der Waals surface area (Å²) in [7, 11) is 0. The van der Waals surface area contributed by atoms with Crippen LogP contribution in [0.15, 0.2) is 150 Å². The zero-order valence-corrected chi connectivity index (χ0v) is 25.2. The number of rotatable bonds is 4. The molecule has 2 aliphatic rings. The third kappa shape index (κ3) is 3.70. The molecule has 1 saturated carbocycles. The number of fused-ring (bicyclic) bond motifs is 5. The summed E-state index contributed by atoms with van der Waals surface area (Å²) in [6, 6.07) is 53.4. The number of benzene rings is 7. The van der Waals surface area contributed by atoms with Crippen molar-refractivity contribution in [2.75, 3.05) is 4.90 Å². The van der Waals surface area contributed by atoms with Gasteiger partial charge in [0, 0.05) is 26.6 Å². The van der Waals surface area contributed by atoms with E-state index in [4.69, 9.17) is 0 Å². The predicted molar refractivity (Wildman–Crippen MR) is 185 cm³/mol. The van der Waals surface area contributed by atoms with Gasteiger partial charge in [-0.05, 0) is 105 Å². The molecular formula is C41H28BrN. The normalized spacial score (nSPS) is 14.2. The number of para-hydroxylation sites is 2. The smallest absolute Gasteiger partial charge is 0.0540 e. The third-order valence-electron chi connectivity index (χ3n) is 9.56. The summed E-state index contributed by atoms with van der Waals surface area (Å²) in [4.78, 5) is 2.37. The van der Waals surface area contributed by atoms with E-state index in [-0.39, 0.29) is 5.41 Å². The van der Waals surface area contributed by atoms with E-state index in [9.17, 15) is 0 Å². The van der Waals surface area contributed by atoms with Crippen LogP contribution in [0.3, 0.4) is 0 Å². The van der Waals surface area contributed by atoms with Crippen molar-refractivity contribution in [3.05, 3.63) is 161 Å². The minimum Gasteiger partial charge on any atom is -0.310 e. The molecule has 0 heterocycles. The molecule has 1 fully saturated rings. The van der Waals surface area contributed by atoms with Gasteiger partial charge in [-0.2, -0.15) is 0 Å². The van der Waals surface area contributed by atoms with Crippen LogP contribution in [0, 0.1) is 0 Å². The fourth-order valence-electron chi connectivity index (χ4n) is 7.46. The first-order valence-corrected chi connectivity index (χ1v) is 15.8. The lowest BCUT2D eigenvalue weighted by molar-refractivity contribution is 0.853. The van der Waals surface area contributed by atoms with E-state index in [0.29, 0.717) is 0 Å². The molecule has 0 bridgehead atoms. The summed E-state index contributed by atoms with van der Waals surface area (Å²) in [5.41, 5.74) is 11.9. The minimum absolute atomic E-state index is 0.117. The Kier molecular flexibility index (Phi) is 5.46. The molecule has 0 aromatic heterocycles. The van der Waals surface area contributed by atoms with Gasteiger partial charge in [-0.3, -0.25) is 0 Å². The predicted octanol–water partition coefficient (Wildman–Crippen LogP) is 12.0. The lowest BCUT2D eigenvalue weighted by atomic mass is 9.74. The monoisotopic (exact) mass is 613 g/mol. The fourth-order valence-corrected chi connectivity index (χ4v) is 7.92. The lowest BCUT2D eigenvalue weighted by Gasteiger charge is -2.30. The SMILES string of the molecule is Brc1ccc2c3c(cccc13)-c1ccc(-c3ccc(N(c4ccccc4)c4ccccc4)c4ccccc34)cc1C21CC1. The third-order valence-corrected chi connectivity index (χ3v) is 10.3. The molecule has 1 spiro atoms. The molecule has 1 nitrogen and oxygen atoms in total. The van der Waals surface area contributed by atoms with Crippen molar-refractivity contribution in [1.29, 1.82) is 0 Å². The summed E-state index contributed by atoms with van der Waals surface area (Å²) in [5, 5.41) is 5.25. The van der Waals surface area contributed by atoms with Crippen LogP contribution < -0.4 is 4.90 Å². The molecule has 0 radical (unpaired) electrons. The van der Waals surface area contributed by atoms with Gasteiger partial charge in [-0.25, -0.2) is 0 Å². The van der Waals surface area contributed by atoms with E-state index in [2.05, 4.69) is 166 Å². The van der Waals surface area contributed by atoms with Gasteiger partial charge in [0.15, 0.2) is 0 Å². The highest BCUT2D eigenvalue weighted by Crippen LogP contribution is 2.62. The van der Waals surface area contributed by atoms with E-state index in [1.54, 1.807) is 0 Å². The minimum atomic E-state index is 0.117. The van der Waals surface area contributed by atoms with Crippen molar-refractivity contribution in [2.24, 2.45) is 0 Å². The van der Waals surface area contributed by atoms with Crippen LogP contribution >= 0.6 is 15.9 Å². The van der Waals surface area contributed by atoms with Crippen LogP contribution in [0.25, 0.3) is 43.8 Å². The Hall–Kier alpha value is -4.66. The molecule has 0 amide bonds. The zero-order valence-electron chi connectivity index (χ0n) is 23.6. The van der Waals surface area contributed by atoms with E-state index >= 15 is 0 Å². The van der Waals surface area contributed by atoms with Crippen molar-refractivity contribution in [1.82, 2.24) is 0 Å². The van der Waals surface area contributed by atoms with Crippen LogP contribution in [0.4, 0.5) is 17.1 Å². The quantitative estimate of drug-likeness (QED) is 0.191. The van der Waals surface area contributed by atoms with Crippen molar-refractivity contribution >= 4 is 54.5 Å². The summed E-state index contributed by atoms with van der Waals surface area (Å²) >= 11 is 3.82. The lowest BCUT2D eigenvalue weighted by Crippen LogP contribution is -2.15. The topological polar surface area (TPSA) is 3.24 Å². The molecule has 2 heteroatoms. The molecule has 204 valence electrons. The first-order chi connectivity index (χ1) is 21.2. The Morgan fingerprint density at radius 1 is 0.488 bits per heavy atom. The average molecular weight is 615 g/mol. The van der Waals surface area contributed by atoms with Gasteiger partial charge >= 0.3 is 0 Å². The first-order valence-electron chi connectivity index (χ1n) is 15.0. The average Bonchev–Trinajstić information content (AvgIpc) is 3.87. The molecule has 43 heavy (non-hydrogen) atoms. The molecule has 0 N–H and O–H groups in total. The van der Waals surface area contributed by atoms with Crippen molar-refractivity contribution in [2.45, 2.75) is 18.3 Å². The maximum absolute atomic E-state index is 3.82. The molecule has 2 aliphatic carbocycles. The van der Waals surface area contributed by atoms with Crippen molar-refractivity contribution in [3.8, 4) is 22.3 Å². The molecule has 0 saturated heterocycles. The molecule has 7 aromatic rings. The van der Waals surface area contributed by atoms with Crippen LogP contribution in [0.2, 0.25) is 0 Å². The van der Waals surface area contributed by atoms with E-state index in [1.807, 2.05) is 0 Å². The molecule has 7 aromatic carbocycles. The van der Waals surface area contributed by atoms with Gasteiger partial charge in [0.05, 0.1) is 5.69 Å². The standard InChI is InChI=1S/C41H28BrN/c42-38-22-21-36-40-34(16-9-17-35(38)40)32-19-18-27(26-37(32)41(36)24-25-41)30-20-23-39(33-15-8-7-14-31(30)33)43(28-10-3-1-4-11-28)29-12-5-2-6-13-29/h1-23,26H,24-25H2. The second kappa shape index (κ2) is 9.42. The Balaban J connectivity index is 1.24. The fraction of sp³-hybridized carbons (Fsp3) is 0.0732. The highest BCUT2D eigenvalue weighted by Gasteiger charge is 2.50. The van der Waals surface area contributed by atoms with Gasteiger partial charge in [0.2, 0.25) is 0 Å². The molecule has 0 aliphatic heterocycles. The van der Waals surface area contributed by atoms with Gasteiger partial charge < -0.3 is 4.90 Å². The molecule has 0 unspecified atom stereocenters. The molecule has 0 atom stereocenters. The second-order valence-corrected chi connectivity index (χ2v) is 12.7. The summed E-state index contributed by atoms with van der Waals surface area (Å²) in [5.74, 6) is 0. The maximum atomic E-state index is 3.82. The van der Waals surface area contributed by atoms with Crippen molar-refractivity contribution < 1.29 is 0 Å². The largest absolute Gasteiger partial charge is 0.310 e. The Labute approximate surface area is 260 Å². The summed E-state index contributed by atoms with van der Waals surface area (Å²) < 4.78 is 1.18. The number of nitrogens with zero attached hydrogens (tertiary/aromatic N) is 1. The van der Waals surface area contributed by atoms with E-state index in [0.717, 1.165) is 11.4 Å². The maximum Gasteiger partial charge on any atom is 0.0540 e. The van der Waals surface area contributed by atoms with Gasteiger partial charge in [0.25, 0.3) is 0 Å². The number of halogens is 1. The van der Waals surface area contributed by atoms with Gasteiger partial charge in [-0.15, -0.1) is 0 Å². The van der Waals surface area contributed by atoms with Crippen LogP contribution in [0.5, 0.6) is 0 Å². The molecular weight excluding hydrogens is 586 g/mol.